The van der Waals surface area contributed by atoms with Crippen molar-refractivity contribution < 1.29 is 19.4 Å². The Balaban J connectivity index is 2.49. The monoisotopic (exact) mass is 272 g/mol. The zero-order chi connectivity index (χ0) is 14.4. The first-order valence-corrected chi connectivity index (χ1v) is 6.67. The Morgan fingerprint density at radius 2 is 2.21 bits per heavy atom. The van der Waals surface area contributed by atoms with E-state index in [9.17, 15) is 9.59 Å². The molecule has 6 nitrogen and oxygen atoms in total. The molecule has 0 aliphatic carbocycles. The van der Waals surface area contributed by atoms with Crippen LogP contribution in [0.1, 0.15) is 19.8 Å². The van der Waals surface area contributed by atoms with Crippen molar-refractivity contribution in [2.75, 3.05) is 40.4 Å². The Morgan fingerprint density at radius 1 is 1.53 bits per heavy atom. The van der Waals surface area contributed by atoms with Crippen molar-refractivity contribution in [2.24, 2.45) is 11.8 Å². The number of hydrogen-bond donors (Lipinski definition) is 1. The fourth-order valence-electron chi connectivity index (χ4n) is 2.42. The largest absolute Gasteiger partial charge is 0.481 e. The number of piperidine rings is 1. The second kappa shape index (κ2) is 7.33. The van der Waals surface area contributed by atoms with Crippen molar-refractivity contribution in [1.29, 1.82) is 0 Å². The smallest absolute Gasteiger partial charge is 0.319 e. The van der Waals surface area contributed by atoms with Crippen molar-refractivity contribution in [3.63, 3.8) is 0 Å². The van der Waals surface area contributed by atoms with Gasteiger partial charge in [-0.2, -0.15) is 0 Å². The molecule has 1 aliphatic heterocycles. The van der Waals surface area contributed by atoms with E-state index in [0.29, 0.717) is 19.1 Å². The maximum Gasteiger partial charge on any atom is 0.319 e. The van der Waals surface area contributed by atoms with E-state index in [1.165, 1.54) is 4.90 Å². The van der Waals surface area contributed by atoms with E-state index in [2.05, 4.69) is 0 Å². The summed E-state index contributed by atoms with van der Waals surface area (Å²) >= 11 is 0. The van der Waals surface area contributed by atoms with Gasteiger partial charge in [0.15, 0.2) is 0 Å². The van der Waals surface area contributed by atoms with Crippen LogP contribution in [0.4, 0.5) is 4.79 Å². The molecule has 1 fully saturated rings. The number of nitrogens with zero attached hydrogens (tertiary/aromatic N) is 2. The van der Waals surface area contributed by atoms with Gasteiger partial charge in [0.2, 0.25) is 0 Å². The number of rotatable bonds is 5. The number of carbonyl (C=O) groups is 2. The summed E-state index contributed by atoms with van der Waals surface area (Å²) in [6.45, 7) is 3.94. The minimum atomic E-state index is -0.879. The minimum Gasteiger partial charge on any atom is -0.481 e. The molecule has 0 spiro atoms. The first-order valence-electron chi connectivity index (χ1n) is 6.67. The lowest BCUT2D eigenvalue weighted by molar-refractivity contribution is -0.141. The van der Waals surface area contributed by atoms with Gasteiger partial charge in [-0.25, -0.2) is 4.79 Å². The third-order valence-corrected chi connectivity index (χ3v) is 3.49. The van der Waals surface area contributed by atoms with Crippen molar-refractivity contribution in [2.45, 2.75) is 19.8 Å². The molecule has 1 aliphatic rings. The topological polar surface area (TPSA) is 70.1 Å². The Morgan fingerprint density at radius 3 is 2.79 bits per heavy atom. The van der Waals surface area contributed by atoms with Crippen molar-refractivity contribution >= 4 is 12.0 Å². The minimum absolute atomic E-state index is 0.0890. The number of aliphatic carboxylic acids is 1. The maximum atomic E-state index is 12.2. The highest BCUT2D eigenvalue weighted by molar-refractivity contribution is 5.76. The fourth-order valence-corrected chi connectivity index (χ4v) is 2.42. The molecule has 1 rings (SSSR count). The lowest BCUT2D eigenvalue weighted by Gasteiger charge is -2.35. The molecule has 0 aromatic carbocycles. The summed E-state index contributed by atoms with van der Waals surface area (Å²) in [7, 11) is 3.32. The predicted molar refractivity (Wildman–Crippen MR) is 71.0 cm³/mol. The van der Waals surface area contributed by atoms with Crippen LogP contribution >= 0.6 is 0 Å². The van der Waals surface area contributed by atoms with Crippen LogP contribution in [0, 0.1) is 11.8 Å². The van der Waals surface area contributed by atoms with Gasteiger partial charge in [0.1, 0.15) is 0 Å². The van der Waals surface area contributed by atoms with Gasteiger partial charge in [0.05, 0.1) is 12.5 Å². The zero-order valence-corrected chi connectivity index (χ0v) is 12.0. The molecular weight excluding hydrogens is 248 g/mol. The van der Waals surface area contributed by atoms with E-state index in [1.54, 1.807) is 26.0 Å². The van der Waals surface area contributed by atoms with E-state index in [4.69, 9.17) is 9.84 Å². The van der Waals surface area contributed by atoms with Gasteiger partial charge < -0.3 is 19.6 Å². The molecule has 0 saturated carbocycles. The third kappa shape index (κ3) is 4.70. The van der Waals surface area contributed by atoms with E-state index >= 15 is 0 Å². The lowest BCUT2D eigenvalue weighted by Crippen LogP contribution is -2.48. The van der Waals surface area contributed by atoms with Crippen LogP contribution < -0.4 is 0 Å². The molecule has 2 atom stereocenters. The number of carbonyl (C=O) groups excluding carboxylic acids is 1. The molecule has 2 amide bonds. The molecule has 6 heteroatoms. The number of urea groups is 1. The molecule has 0 aromatic heterocycles. The van der Waals surface area contributed by atoms with Gasteiger partial charge in [0.25, 0.3) is 0 Å². The lowest BCUT2D eigenvalue weighted by atomic mass is 9.99. The van der Waals surface area contributed by atoms with Gasteiger partial charge in [-0.3, -0.25) is 4.79 Å². The van der Waals surface area contributed by atoms with E-state index in [0.717, 1.165) is 19.4 Å². The van der Waals surface area contributed by atoms with Gasteiger partial charge in [0, 0.05) is 39.7 Å². The summed E-state index contributed by atoms with van der Waals surface area (Å²) in [5.74, 6) is -1.04. The summed E-state index contributed by atoms with van der Waals surface area (Å²) in [6.07, 6.45) is 2.05. The molecule has 0 radical (unpaired) electrons. The van der Waals surface area contributed by atoms with Gasteiger partial charge >= 0.3 is 12.0 Å². The van der Waals surface area contributed by atoms with Gasteiger partial charge in [-0.05, 0) is 12.8 Å². The van der Waals surface area contributed by atoms with Crippen LogP contribution in [0.3, 0.4) is 0 Å². The molecule has 1 saturated heterocycles. The zero-order valence-electron chi connectivity index (χ0n) is 12.0. The number of amides is 2. The number of methoxy groups -OCH3 is 1. The summed E-state index contributed by atoms with van der Waals surface area (Å²) < 4.78 is 5.14. The standard InChI is InChI=1S/C13H24N2O4/c1-10(12(16)17)7-14(2)13(18)15-6-4-5-11(8-15)9-19-3/h10-11H,4-9H2,1-3H3,(H,16,17). The van der Waals surface area contributed by atoms with Crippen molar-refractivity contribution in [1.82, 2.24) is 9.80 Å². The first-order chi connectivity index (χ1) is 8.95. The Hall–Kier alpha value is -1.30. The third-order valence-electron chi connectivity index (χ3n) is 3.49. The number of carboxylic acids is 1. The van der Waals surface area contributed by atoms with Crippen LogP contribution in [0.15, 0.2) is 0 Å². The van der Waals surface area contributed by atoms with E-state index < -0.39 is 11.9 Å². The predicted octanol–water partition coefficient (Wildman–Crippen LogP) is 1.12. The molecule has 110 valence electrons. The molecule has 19 heavy (non-hydrogen) atoms. The highest BCUT2D eigenvalue weighted by Crippen LogP contribution is 2.18. The number of hydrogen-bond acceptors (Lipinski definition) is 3. The average Bonchev–Trinajstić information content (AvgIpc) is 2.38. The number of likely N-dealkylation sites (tertiary alicyclic amines) is 1. The number of ether oxygens (including phenoxy) is 1. The first kappa shape index (κ1) is 15.8. The molecular formula is C13H24N2O4. The second-order valence-electron chi connectivity index (χ2n) is 5.31. The van der Waals surface area contributed by atoms with E-state index in [1.807, 2.05) is 0 Å². The van der Waals surface area contributed by atoms with Crippen molar-refractivity contribution in [3.8, 4) is 0 Å². The summed E-state index contributed by atoms with van der Waals surface area (Å²) in [4.78, 5) is 26.3. The van der Waals surface area contributed by atoms with Crippen molar-refractivity contribution in [3.05, 3.63) is 0 Å². The maximum absolute atomic E-state index is 12.2. The highest BCUT2D eigenvalue weighted by atomic mass is 16.5. The van der Waals surface area contributed by atoms with Crippen LogP contribution in [0.25, 0.3) is 0 Å². The van der Waals surface area contributed by atoms with Crippen LogP contribution in [0.5, 0.6) is 0 Å². The average molecular weight is 272 g/mol. The Kier molecular flexibility index (Phi) is 6.08. The van der Waals surface area contributed by atoms with E-state index in [-0.39, 0.29) is 12.6 Å². The molecule has 0 bridgehead atoms. The molecule has 1 heterocycles. The summed E-state index contributed by atoms with van der Waals surface area (Å²) in [6, 6.07) is -0.0890. The van der Waals surface area contributed by atoms with Crippen LogP contribution in [0.2, 0.25) is 0 Å². The Labute approximate surface area is 114 Å². The quantitative estimate of drug-likeness (QED) is 0.814. The number of carboxylic acid groups (broad SMARTS) is 1. The van der Waals surface area contributed by atoms with Crippen LogP contribution in [-0.2, 0) is 9.53 Å². The second-order valence-corrected chi connectivity index (χ2v) is 5.31. The molecule has 2 unspecified atom stereocenters. The fraction of sp³-hybridized carbons (Fsp3) is 0.846. The Bertz CT molecular complexity index is 320. The SMILES string of the molecule is COCC1CCCN(C(=O)N(C)CC(C)C(=O)O)C1. The molecule has 1 N–H and O–H groups in total. The molecule has 0 aromatic rings. The van der Waals surface area contributed by atoms with Crippen LogP contribution in [-0.4, -0.2) is 67.3 Å². The normalized spacial score (nSPS) is 21.0. The summed E-state index contributed by atoms with van der Waals surface area (Å²) in [5.41, 5.74) is 0. The highest BCUT2D eigenvalue weighted by Gasteiger charge is 2.27. The van der Waals surface area contributed by atoms with Gasteiger partial charge in [-0.1, -0.05) is 6.92 Å². The summed E-state index contributed by atoms with van der Waals surface area (Å²) in [5, 5.41) is 8.87. The van der Waals surface area contributed by atoms with Gasteiger partial charge in [-0.15, -0.1) is 0 Å².